The molecule has 0 bridgehead atoms. The number of esters is 1. The first-order valence-electron chi connectivity index (χ1n) is 4.36. The molecule has 0 radical (unpaired) electrons. The first-order chi connectivity index (χ1) is 6.70. The highest BCUT2D eigenvalue weighted by atomic mass is 16.5. The van der Waals surface area contributed by atoms with E-state index >= 15 is 0 Å². The number of aromatic nitrogens is 1. The molecule has 0 aliphatic rings. The van der Waals surface area contributed by atoms with Crippen molar-refractivity contribution in [1.29, 1.82) is 0 Å². The van der Waals surface area contributed by atoms with E-state index < -0.39 is 6.04 Å². The standard InChI is InChI=1S/C10H14N2O2/c1-7-4-5-12-6-8(7)9(11-2)10(13)14-3/h4-6,9,11H,1-3H3. The molecule has 0 saturated carbocycles. The highest BCUT2D eigenvalue weighted by molar-refractivity contribution is 5.77. The Balaban J connectivity index is 3.01. The third kappa shape index (κ3) is 2.09. The van der Waals surface area contributed by atoms with Gasteiger partial charge in [0.1, 0.15) is 6.04 Å². The molecule has 0 saturated heterocycles. The largest absolute Gasteiger partial charge is 0.468 e. The van der Waals surface area contributed by atoms with Gasteiger partial charge in [0.15, 0.2) is 0 Å². The van der Waals surface area contributed by atoms with Gasteiger partial charge in [-0.3, -0.25) is 4.98 Å². The summed E-state index contributed by atoms with van der Waals surface area (Å²) in [5, 5.41) is 2.90. The van der Waals surface area contributed by atoms with Crippen molar-refractivity contribution in [2.24, 2.45) is 0 Å². The fourth-order valence-electron chi connectivity index (χ4n) is 1.30. The normalized spacial score (nSPS) is 12.2. The average Bonchev–Trinajstić information content (AvgIpc) is 2.21. The molecule has 4 heteroatoms. The molecule has 1 atom stereocenters. The Bertz CT molecular complexity index is 326. The summed E-state index contributed by atoms with van der Waals surface area (Å²) in [5.74, 6) is -0.302. The van der Waals surface area contributed by atoms with Gasteiger partial charge in [0.05, 0.1) is 7.11 Å². The monoisotopic (exact) mass is 194 g/mol. The van der Waals surface area contributed by atoms with Crippen LogP contribution in [0.1, 0.15) is 17.2 Å². The number of rotatable bonds is 3. The molecule has 0 aliphatic heterocycles. The van der Waals surface area contributed by atoms with Gasteiger partial charge in [-0.15, -0.1) is 0 Å². The van der Waals surface area contributed by atoms with Crippen molar-refractivity contribution < 1.29 is 9.53 Å². The second kappa shape index (κ2) is 4.72. The van der Waals surface area contributed by atoms with Gasteiger partial charge < -0.3 is 10.1 Å². The number of carbonyl (C=O) groups is 1. The van der Waals surface area contributed by atoms with Gasteiger partial charge >= 0.3 is 5.97 Å². The molecule has 1 heterocycles. The van der Waals surface area contributed by atoms with Crippen molar-refractivity contribution in [3.63, 3.8) is 0 Å². The summed E-state index contributed by atoms with van der Waals surface area (Å²) in [6, 6.07) is 1.43. The van der Waals surface area contributed by atoms with Crippen molar-refractivity contribution in [3.8, 4) is 0 Å². The van der Waals surface area contributed by atoms with Crippen LogP contribution in [0.3, 0.4) is 0 Å². The predicted molar refractivity (Wildman–Crippen MR) is 52.8 cm³/mol. The van der Waals surface area contributed by atoms with Gasteiger partial charge in [0.25, 0.3) is 0 Å². The molecule has 1 unspecified atom stereocenters. The number of nitrogens with zero attached hydrogens (tertiary/aromatic N) is 1. The van der Waals surface area contributed by atoms with E-state index in [2.05, 4.69) is 15.0 Å². The van der Waals surface area contributed by atoms with Gasteiger partial charge in [0, 0.05) is 18.0 Å². The molecule has 0 fully saturated rings. The lowest BCUT2D eigenvalue weighted by Gasteiger charge is -2.15. The van der Waals surface area contributed by atoms with Crippen molar-refractivity contribution >= 4 is 5.97 Å². The fourth-order valence-corrected chi connectivity index (χ4v) is 1.30. The molecule has 4 nitrogen and oxygen atoms in total. The quantitative estimate of drug-likeness (QED) is 0.724. The Morgan fingerprint density at radius 1 is 1.64 bits per heavy atom. The molecule has 14 heavy (non-hydrogen) atoms. The van der Waals surface area contributed by atoms with Crippen LogP contribution < -0.4 is 5.32 Å². The number of hydrogen-bond donors (Lipinski definition) is 1. The van der Waals surface area contributed by atoms with Gasteiger partial charge in [-0.1, -0.05) is 0 Å². The molecule has 0 aliphatic carbocycles. The number of carbonyl (C=O) groups excluding carboxylic acids is 1. The molecule has 1 rings (SSSR count). The topological polar surface area (TPSA) is 51.2 Å². The minimum Gasteiger partial charge on any atom is -0.468 e. The van der Waals surface area contributed by atoms with Gasteiger partial charge in [-0.25, -0.2) is 4.79 Å². The van der Waals surface area contributed by atoms with Crippen LogP contribution in [0.15, 0.2) is 18.5 Å². The molecular weight excluding hydrogens is 180 g/mol. The van der Waals surface area contributed by atoms with Crippen LogP contribution in [0.5, 0.6) is 0 Å². The predicted octanol–water partition coefficient (Wildman–Crippen LogP) is 0.824. The highest BCUT2D eigenvalue weighted by Gasteiger charge is 2.20. The lowest BCUT2D eigenvalue weighted by atomic mass is 10.0. The maximum atomic E-state index is 11.4. The Morgan fingerprint density at radius 2 is 2.36 bits per heavy atom. The molecule has 0 amide bonds. The molecule has 1 N–H and O–H groups in total. The third-order valence-corrected chi connectivity index (χ3v) is 2.12. The van der Waals surface area contributed by atoms with Gasteiger partial charge in [-0.05, 0) is 25.6 Å². The number of nitrogens with one attached hydrogen (secondary N) is 1. The third-order valence-electron chi connectivity index (χ3n) is 2.12. The molecular formula is C10H14N2O2. The fraction of sp³-hybridized carbons (Fsp3) is 0.400. The van der Waals surface area contributed by atoms with E-state index in [1.54, 1.807) is 19.4 Å². The second-order valence-electron chi connectivity index (χ2n) is 2.98. The van der Waals surface area contributed by atoms with E-state index in [9.17, 15) is 4.79 Å². The van der Waals surface area contributed by atoms with Crippen molar-refractivity contribution in [1.82, 2.24) is 10.3 Å². The average molecular weight is 194 g/mol. The summed E-state index contributed by atoms with van der Waals surface area (Å²) in [4.78, 5) is 15.4. The zero-order valence-corrected chi connectivity index (χ0v) is 8.57. The van der Waals surface area contributed by atoms with E-state index in [1.165, 1.54) is 7.11 Å². The van der Waals surface area contributed by atoms with E-state index in [-0.39, 0.29) is 5.97 Å². The van der Waals surface area contributed by atoms with E-state index in [1.807, 2.05) is 13.0 Å². The Kier molecular flexibility index (Phi) is 3.59. The van der Waals surface area contributed by atoms with Crippen LogP contribution in [-0.4, -0.2) is 25.1 Å². The summed E-state index contributed by atoms with van der Waals surface area (Å²) in [6.45, 7) is 1.93. The zero-order valence-electron chi connectivity index (χ0n) is 8.57. The van der Waals surface area contributed by atoms with Crippen molar-refractivity contribution in [3.05, 3.63) is 29.6 Å². The maximum Gasteiger partial charge on any atom is 0.327 e. The summed E-state index contributed by atoms with van der Waals surface area (Å²) in [6.07, 6.45) is 3.37. The van der Waals surface area contributed by atoms with Crippen LogP contribution in [0, 0.1) is 6.92 Å². The van der Waals surface area contributed by atoms with E-state index in [0.29, 0.717) is 0 Å². The van der Waals surface area contributed by atoms with Crippen LogP contribution in [0.25, 0.3) is 0 Å². The molecule has 76 valence electrons. The Morgan fingerprint density at radius 3 is 2.86 bits per heavy atom. The van der Waals surface area contributed by atoms with Gasteiger partial charge in [-0.2, -0.15) is 0 Å². The van der Waals surface area contributed by atoms with E-state index in [0.717, 1.165) is 11.1 Å². The first kappa shape index (κ1) is 10.7. The lowest BCUT2D eigenvalue weighted by Crippen LogP contribution is -2.27. The van der Waals surface area contributed by atoms with Gasteiger partial charge in [0.2, 0.25) is 0 Å². The number of pyridine rings is 1. The number of aryl methyl sites for hydroxylation is 1. The minimum atomic E-state index is -0.436. The van der Waals surface area contributed by atoms with Crippen LogP contribution in [0.4, 0.5) is 0 Å². The van der Waals surface area contributed by atoms with Crippen molar-refractivity contribution in [2.75, 3.05) is 14.2 Å². The summed E-state index contributed by atoms with van der Waals surface area (Å²) < 4.78 is 4.68. The van der Waals surface area contributed by atoms with E-state index in [4.69, 9.17) is 0 Å². The molecule has 0 aromatic carbocycles. The number of ether oxygens (including phenoxy) is 1. The van der Waals surface area contributed by atoms with Crippen LogP contribution in [0.2, 0.25) is 0 Å². The minimum absolute atomic E-state index is 0.302. The highest BCUT2D eigenvalue weighted by Crippen LogP contribution is 2.16. The summed E-state index contributed by atoms with van der Waals surface area (Å²) >= 11 is 0. The molecule has 0 spiro atoms. The zero-order chi connectivity index (χ0) is 10.6. The van der Waals surface area contributed by atoms with Crippen molar-refractivity contribution in [2.45, 2.75) is 13.0 Å². The maximum absolute atomic E-state index is 11.4. The Hall–Kier alpha value is -1.42. The number of hydrogen-bond acceptors (Lipinski definition) is 4. The van der Waals surface area contributed by atoms with Crippen LogP contribution in [-0.2, 0) is 9.53 Å². The summed E-state index contributed by atoms with van der Waals surface area (Å²) in [7, 11) is 3.09. The smallest absolute Gasteiger partial charge is 0.327 e. The number of methoxy groups -OCH3 is 1. The Labute approximate surface area is 83.3 Å². The first-order valence-corrected chi connectivity index (χ1v) is 4.36. The summed E-state index contributed by atoms with van der Waals surface area (Å²) in [5.41, 5.74) is 1.87. The SMILES string of the molecule is CNC(C(=O)OC)c1cnccc1C. The molecule has 1 aromatic heterocycles. The molecule has 1 aromatic rings. The lowest BCUT2D eigenvalue weighted by molar-refractivity contribution is -0.143. The number of likely N-dealkylation sites (N-methyl/N-ethyl adjacent to an activating group) is 1. The van der Waals surface area contributed by atoms with Crippen LogP contribution >= 0.6 is 0 Å². The second-order valence-corrected chi connectivity index (χ2v) is 2.98.